The van der Waals surface area contributed by atoms with Crippen LogP contribution in [0.5, 0.6) is 5.88 Å². The lowest BCUT2D eigenvalue weighted by atomic mass is 9.96. The van der Waals surface area contributed by atoms with E-state index in [4.69, 9.17) is 15.5 Å². The van der Waals surface area contributed by atoms with Crippen LogP contribution in [-0.2, 0) is 6.42 Å². The molecule has 1 fully saturated rings. The molecule has 2 aliphatic rings. The Kier molecular flexibility index (Phi) is 3.71. The predicted molar refractivity (Wildman–Crippen MR) is 103 cm³/mol. The Bertz CT molecular complexity index is 1010. The fourth-order valence-corrected chi connectivity index (χ4v) is 3.95. The van der Waals surface area contributed by atoms with Crippen LogP contribution in [0.15, 0.2) is 42.5 Å². The number of pyridine rings is 1. The summed E-state index contributed by atoms with van der Waals surface area (Å²) < 4.78 is 5.97. The van der Waals surface area contributed by atoms with Crippen LogP contribution in [0.4, 0.5) is 5.13 Å². The van der Waals surface area contributed by atoms with Crippen LogP contribution >= 0.6 is 11.3 Å². The predicted octanol–water partition coefficient (Wildman–Crippen LogP) is 4.10. The summed E-state index contributed by atoms with van der Waals surface area (Å²) in [6.45, 7) is 0. The lowest BCUT2D eigenvalue weighted by molar-refractivity contribution is 0.114. The SMILES string of the molecule is Nc1nnc(-c2ccc3c(c2)C(c2cccc(OC4CCC4)n2)=CC3)s1. The molecule has 0 aliphatic heterocycles. The number of rotatable bonds is 4. The third-order valence-corrected chi connectivity index (χ3v) is 5.75. The standard InChI is InChI=1S/C20H18N4OS/c21-20-24-23-19(26-20)13-8-7-12-9-10-15(16(12)11-13)17-5-2-6-18(22-17)25-14-3-1-4-14/h2,5-8,10-11,14H,1,3-4,9H2,(H2,21,24). The molecule has 0 unspecified atom stereocenters. The average Bonchev–Trinajstić information content (AvgIpc) is 3.24. The average molecular weight is 362 g/mol. The van der Waals surface area contributed by atoms with E-state index >= 15 is 0 Å². The van der Waals surface area contributed by atoms with E-state index < -0.39 is 0 Å². The second-order valence-electron chi connectivity index (χ2n) is 6.67. The number of fused-ring (bicyclic) bond motifs is 1. The number of nitrogens with zero attached hydrogens (tertiary/aromatic N) is 3. The molecule has 2 N–H and O–H groups in total. The van der Waals surface area contributed by atoms with Gasteiger partial charge in [-0.25, -0.2) is 4.98 Å². The molecular formula is C20H18N4OS. The van der Waals surface area contributed by atoms with Crippen LogP contribution in [0.2, 0.25) is 0 Å². The number of nitrogen functional groups attached to an aromatic ring is 1. The molecular weight excluding hydrogens is 344 g/mol. The van der Waals surface area contributed by atoms with E-state index in [1.807, 2.05) is 18.2 Å². The molecule has 0 atom stereocenters. The summed E-state index contributed by atoms with van der Waals surface area (Å²) in [5.41, 5.74) is 11.4. The quantitative estimate of drug-likeness (QED) is 0.756. The van der Waals surface area contributed by atoms with Gasteiger partial charge in [0.2, 0.25) is 11.0 Å². The zero-order valence-electron chi connectivity index (χ0n) is 14.2. The molecule has 1 saturated carbocycles. The third kappa shape index (κ3) is 2.76. The van der Waals surface area contributed by atoms with Crippen molar-refractivity contribution in [3.05, 3.63) is 59.3 Å². The van der Waals surface area contributed by atoms with E-state index in [9.17, 15) is 0 Å². The Hall–Kier alpha value is -2.73. The van der Waals surface area contributed by atoms with Crippen molar-refractivity contribution in [3.63, 3.8) is 0 Å². The van der Waals surface area contributed by atoms with Gasteiger partial charge in [-0.3, -0.25) is 0 Å². The summed E-state index contributed by atoms with van der Waals surface area (Å²) in [5.74, 6) is 0.717. The highest BCUT2D eigenvalue weighted by Gasteiger charge is 2.21. The normalized spacial score (nSPS) is 16.1. The lowest BCUT2D eigenvalue weighted by Gasteiger charge is -2.25. The molecule has 2 aromatic heterocycles. The van der Waals surface area contributed by atoms with Crippen LogP contribution in [0.25, 0.3) is 16.1 Å². The lowest BCUT2D eigenvalue weighted by Crippen LogP contribution is -2.25. The highest BCUT2D eigenvalue weighted by atomic mass is 32.1. The van der Waals surface area contributed by atoms with Gasteiger partial charge < -0.3 is 10.5 Å². The number of nitrogens with two attached hydrogens (primary N) is 1. The smallest absolute Gasteiger partial charge is 0.214 e. The fraction of sp³-hybridized carbons (Fsp3) is 0.250. The Balaban J connectivity index is 1.48. The van der Waals surface area contributed by atoms with Gasteiger partial charge in [0.05, 0.1) is 5.69 Å². The first-order valence-corrected chi connectivity index (χ1v) is 9.65. The molecule has 2 heterocycles. The molecule has 130 valence electrons. The van der Waals surface area contributed by atoms with Crippen LogP contribution < -0.4 is 10.5 Å². The molecule has 2 aliphatic carbocycles. The molecule has 0 radical (unpaired) electrons. The minimum Gasteiger partial charge on any atom is -0.474 e. The first-order valence-electron chi connectivity index (χ1n) is 8.83. The van der Waals surface area contributed by atoms with E-state index in [-0.39, 0.29) is 0 Å². The van der Waals surface area contributed by atoms with Gasteiger partial charge in [0.1, 0.15) is 11.1 Å². The Morgan fingerprint density at radius 3 is 2.81 bits per heavy atom. The van der Waals surface area contributed by atoms with Gasteiger partial charge in [-0.2, -0.15) is 0 Å². The van der Waals surface area contributed by atoms with Gasteiger partial charge in [0.15, 0.2) is 0 Å². The maximum Gasteiger partial charge on any atom is 0.214 e. The highest BCUT2D eigenvalue weighted by Crippen LogP contribution is 2.36. The van der Waals surface area contributed by atoms with Crippen molar-refractivity contribution in [2.45, 2.75) is 31.8 Å². The van der Waals surface area contributed by atoms with E-state index in [0.717, 1.165) is 47.0 Å². The summed E-state index contributed by atoms with van der Waals surface area (Å²) in [6, 6.07) is 12.4. The van der Waals surface area contributed by atoms with Crippen LogP contribution in [-0.4, -0.2) is 21.3 Å². The zero-order valence-corrected chi connectivity index (χ0v) is 15.0. The molecule has 0 spiro atoms. The number of hydrogen-bond acceptors (Lipinski definition) is 6. The van der Waals surface area contributed by atoms with Crippen LogP contribution in [0.3, 0.4) is 0 Å². The largest absolute Gasteiger partial charge is 0.474 e. The van der Waals surface area contributed by atoms with Gasteiger partial charge in [0, 0.05) is 17.2 Å². The summed E-state index contributed by atoms with van der Waals surface area (Å²) in [5, 5.41) is 9.40. The minimum absolute atomic E-state index is 0.331. The first kappa shape index (κ1) is 15.5. The highest BCUT2D eigenvalue weighted by molar-refractivity contribution is 7.18. The van der Waals surface area contributed by atoms with E-state index in [0.29, 0.717) is 11.2 Å². The second-order valence-corrected chi connectivity index (χ2v) is 7.68. The van der Waals surface area contributed by atoms with E-state index in [1.165, 1.54) is 28.9 Å². The van der Waals surface area contributed by atoms with Crippen molar-refractivity contribution in [2.24, 2.45) is 0 Å². The number of ether oxygens (including phenoxy) is 1. The minimum atomic E-state index is 0.331. The summed E-state index contributed by atoms with van der Waals surface area (Å²) in [7, 11) is 0. The summed E-state index contributed by atoms with van der Waals surface area (Å²) >= 11 is 1.40. The Morgan fingerprint density at radius 2 is 2.04 bits per heavy atom. The molecule has 6 heteroatoms. The maximum atomic E-state index is 5.97. The number of hydrogen-bond donors (Lipinski definition) is 1. The van der Waals surface area contributed by atoms with Crippen LogP contribution in [0.1, 0.15) is 36.1 Å². The van der Waals surface area contributed by atoms with Crippen molar-refractivity contribution in [3.8, 4) is 16.5 Å². The second kappa shape index (κ2) is 6.21. The van der Waals surface area contributed by atoms with E-state index in [1.54, 1.807) is 0 Å². The van der Waals surface area contributed by atoms with E-state index in [2.05, 4.69) is 34.5 Å². The summed E-state index contributed by atoms with van der Waals surface area (Å²) in [6.07, 6.45) is 6.99. The fourth-order valence-electron chi connectivity index (χ4n) is 3.34. The molecule has 5 nitrogen and oxygen atoms in total. The van der Waals surface area contributed by atoms with Crippen molar-refractivity contribution in [1.82, 2.24) is 15.2 Å². The van der Waals surface area contributed by atoms with Gasteiger partial charge in [-0.05, 0) is 48.9 Å². The van der Waals surface area contributed by atoms with Gasteiger partial charge in [0.25, 0.3) is 0 Å². The van der Waals surface area contributed by atoms with Crippen molar-refractivity contribution < 1.29 is 4.74 Å². The molecule has 1 aromatic carbocycles. The molecule has 3 aromatic rings. The molecule has 5 rings (SSSR count). The maximum absolute atomic E-state index is 5.97. The molecule has 0 bridgehead atoms. The number of benzene rings is 1. The topological polar surface area (TPSA) is 73.9 Å². The van der Waals surface area contributed by atoms with Crippen molar-refractivity contribution in [2.75, 3.05) is 5.73 Å². The first-order chi connectivity index (χ1) is 12.8. The Labute approximate surface area is 155 Å². The Morgan fingerprint density at radius 1 is 1.12 bits per heavy atom. The van der Waals surface area contributed by atoms with Gasteiger partial charge in [-0.1, -0.05) is 35.6 Å². The van der Waals surface area contributed by atoms with Gasteiger partial charge in [-0.15, -0.1) is 10.2 Å². The number of allylic oxidation sites excluding steroid dienone is 1. The third-order valence-electron chi connectivity index (χ3n) is 4.95. The molecule has 26 heavy (non-hydrogen) atoms. The molecule has 0 amide bonds. The zero-order chi connectivity index (χ0) is 17.5. The van der Waals surface area contributed by atoms with Crippen LogP contribution in [0, 0.1) is 0 Å². The van der Waals surface area contributed by atoms with Crippen molar-refractivity contribution >= 4 is 22.0 Å². The number of anilines is 1. The number of aromatic nitrogens is 3. The summed E-state index contributed by atoms with van der Waals surface area (Å²) in [4.78, 5) is 4.75. The monoisotopic (exact) mass is 362 g/mol. The molecule has 0 saturated heterocycles. The van der Waals surface area contributed by atoms with Gasteiger partial charge >= 0.3 is 0 Å². The van der Waals surface area contributed by atoms with Crippen molar-refractivity contribution in [1.29, 1.82) is 0 Å².